The Morgan fingerprint density at radius 2 is 1.86 bits per heavy atom. The van der Waals surface area contributed by atoms with E-state index < -0.39 is 6.43 Å². The van der Waals surface area contributed by atoms with E-state index in [1.807, 2.05) is 0 Å². The summed E-state index contributed by atoms with van der Waals surface area (Å²) in [6.07, 6.45) is -2.22. The van der Waals surface area contributed by atoms with Gasteiger partial charge < -0.3 is 0 Å². The molecule has 14 heavy (non-hydrogen) atoms. The first kappa shape index (κ1) is 11.9. The first-order valence-corrected chi connectivity index (χ1v) is 5.04. The number of likely N-dealkylation sites (tertiary alicyclic amines) is 1. The number of alkyl halides is 2. The van der Waals surface area contributed by atoms with Gasteiger partial charge in [-0.05, 0) is 27.8 Å². The fourth-order valence-corrected chi connectivity index (χ4v) is 1.65. The predicted molar refractivity (Wildman–Crippen MR) is 53.7 cm³/mol. The molecule has 0 saturated carbocycles. The van der Waals surface area contributed by atoms with E-state index >= 15 is 0 Å². The van der Waals surface area contributed by atoms with Crippen LogP contribution in [0.1, 0.15) is 20.8 Å². The van der Waals surface area contributed by atoms with Gasteiger partial charge in [0.2, 0.25) is 0 Å². The Morgan fingerprint density at radius 3 is 2.21 bits per heavy atom. The first-order chi connectivity index (χ1) is 6.30. The quantitative estimate of drug-likeness (QED) is 0.693. The molecule has 0 aliphatic carbocycles. The largest absolute Gasteiger partial charge is 0.295 e. The van der Waals surface area contributed by atoms with Gasteiger partial charge in [0.05, 0.1) is 6.54 Å². The Morgan fingerprint density at radius 1 is 1.36 bits per heavy atom. The van der Waals surface area contributed by atoms with Gasteiger partial charge in [-0.1, -0.05) is 0 Å². The maximum absolute atomic E-state index is 12.1. The summed E-state index contributed by atoms with van der Waals surface area (Å²) in [7, 11) is 1.77. The molecule has 2 nitrogen and oxygen atoms in total. The van der Waals surface area contributed by atoms with Crippen molar-refractivity contribution in [3.63, 3.8) is 0 Å². The molecule has 4 heteroatoms. The van der Waals surface area contributed by atoms with Crippen LogP contribution in [0.15, 0.2) is 0 Å². The molecule has 1 aliphatic rings. The van der Waals surface area contributed by atoms with Crippen LogP contribution in [0.25, 0.3) is 0 Å². The van der Waals surface area contributed by atoms with Gasteiger partial charge in [-0.25, -0.2) is 8.78 Å². The van der Waals surface area contributed by atoms with Gasteiger partial charge in [-0.2, -0.15) is 0 Å². The van der Waals surface area contributed by atoms with Gasteiger partial charge in [0.25, 0.3) is 6.43 Å². The van der Waals surface area contributed by atoms with Gasteiger partial charge in [0.15, 0.2) is 0 Å². The van der Waals surface area contributed by atoms with Crippen LogP contribution in [0, 0.1) is 0 Å². The van der Waals surface area contributed by atoms with Gasteiger partial charge in [0.1, 0.15) is 0 Å². The molecule has 0 radical (unpaired) electrons. The summed E-state index contributed by atoms with van der Waals surface area (Å²) in [5.74, 6) is 0. The van der Waals surface area contributed by atoms with Crippen LogP contribution >= 0.6 is 0 Å². The SMILES string of the molecule is CN(CC(F)F)C1CN(C(C)(C)C)C1. The van der Waals surface area contributed by atoms with Crippen molar-refractivity contribution in [3.05, 3.63) is 0 Å². The highest BCUT2D eigenvalue weighted by Crippen LogP contribution is 2.23. The van der Waals surface area contributed by atoms with E-state index in [0.29, 0.717) is 6.04 Å². The highest BCUT2D eigenvalue weighted by molar-refractivity contribution is 4.93. The summed E-state index contributed by atoms with van der Waals surface area (Å²) in [5.41, 5.74) is 0.169. The van der Waals surface area contributed by atoms with E-state index in [-0.39, 0.29) is 12.1 Å². The van der Waals surface area contributed by atoms with Gasteiger partial charge in [-0.3, -0.25) is 9.80 Å². The third-order valence-corrected chi connectivity index (χ3v) is 2.86. The topological polar surface area (TPSA) is 6.48 Å². The molecule has 1 aliphatic heterocycles. The lowest BCUT2D eigenvalue weighted by molar-refractivity contribution is -0.0299. The van der Waals surface area contributed by atoms with Gasteiger partial charge in [-0.15, -0.1) is 0 Å². The summed E-state index contributed by atoms with van der Waals surface area (Å²) in [6.45, 7) is 8.16. The molecule has 0 aromatic rings. The monoisotopic (exact) mass is 206 g/mol. The number of likely N-dealkylation sites (N-methyl/N-ethyl adjacent to an activating group) is 1. The second-order valence-corrected chi connectivity index (χ2v) is 5.06. The average Bonchev–Trinajstić information content (AvgIpc) is 1.75. The maximum atomic E-state index is 12.1. The molecule has 84 valence electrons. The molecular formula is C10H20F2N2. The summed E-state index contributed by atoms with van der Waals surface area (Å²) < 4.78 is 24.2. The number of halogens is 2. The number of hydrogen-bond acceptors (Lipinski definition) is 2. The van der Waals surface area contributed by atoms with Crippen molar-refractivity contribution in [3.8, 4) is 0 Å². The molecule has 1 saturated heterocycles. The van der Waals surface area contributed by atoms with E-state index in [4.69, 9.17) is 0 Å². The maximum Gasteiger partial charge on any atom is 0.251 e. The lowest BCUT2D eigenvalue weighted by atomic mass is 9.97. The molecule has 0 aromatic heterocycles. The van der Waals surface area contributed by atoms with E-state index in [1.54, 1.807) is 11.9 Å². The molecule has 0 spiro atoms. The Labute approximate surface area is 84.9 Å². The molecule has 0 unspecified atom stereocenters. The normalized spacial score (nSPS) is 20.6. The van der Waals surface area contributed by atoms with Crippen LogP contribution < -0.4 is 0 Å². The van der Waals surface area contributed by atoms with Crippen molar-refractivity contribution < 1.29 is 8.78 Å². The molecule has 1 fully saturated rings. The van der Waals surface area contributed by atoms with Crippen molar-refractivity contribution in [2.75, 3.05) is 26.7 Å². The highest BCUT2D eigenvalue weighted by atomic mass is 19.3. The summed E-state index contributed by atoms with van der Waals surface area (Å²) in [5, 5.41) is 0. The van der Waals surface area contributed by atoms with Crippen LogP contribution in [0.4, 0.5) is 8.78 Å². The smallest absolute Gasteiger partial charge is 0.251 e. The number of hydrogen-bond donors (Lipinski definition) is 0. The summed E-state index contributed by atoms with van der Waals surface area (Å²) in [6, 6.07) is 0.309. The molecule has 0 N–H and O–H groups in total. The predicted octanol–water partition coefficient (Wildman–Crippen LogP) is 1.67. The van der Waals surface area contributed by atoms with Gasteiger partial charge >= 0.3 is 0 Å². The van der Waals surface area contributed by atoms with Crippen LogP contribution in [-0.4, -0.2) is 54.5 Å². The van der Waals surface area contributed by atoms with Crippen LogP contribution in [0.3, 0.4) is 0 Å². The minimum absolute atomic E-state index is 0.108. The average molecular weight is 206 g/mol. The highest BCUT2D eigenvalue weighted by Gasteiger charge is 2.36. The second-order valence-electron chi connectivity index (χ2n) is 5.06. The van der Waals surface area contributed by atoms with Crippen LogP contribution in [-0.2, 0) is 0 Å². The lowest BCUT2D eigenvalue weighted by Crippen LogP contribution is -2.64. The van der Waals surface area contributed by atoms with Crippen molar-refractivity contribution in [1.82, 2.24) is 9.80 Å². The van der Waals surface area contributed by atoms with Crippen LogP contribution in [0.5, 0.6) is 0 Å². The van der Waals surface area contributed by atoms with Crippen molar-refractivity contribution in [2.45, 2.75) is 38.8 Å². The van der Waals surface area contributed by atoms with E-state index in [2.05, 4.69) is 25.7 Å². The van der Waals surface area contributed by atoms with E-state index in [1.165, 1.54) is 0 Å². The molecule has 0 aromatic carbocycles. The Kier molecular flexibility index (Phi) is 3.48. The Balaban J connectivity index is 2.27. The zero-order valence-corrected chi connectivity index (χ0v) is 9.43. The van der Waals surface area contributed by atoms with Gasteiger partial charge in [0, 0.05) is 24.7 Å². The molecule has 0 bridgehead atoms. The third kappa shape index (κ3) is 2.89. The number of nitrogens with zero attached hydrogens (tertiary/aromatic N) is 2. The fourth-order valence-electron chi connectivity index (χ4n) is 1.65. The zero-order valence-electron chi connectivity index (χ0n) is 9.43. The first-order valence-electron chi connectivity index (χ1n) is 5.04. The summed E-state index contributed by atoms with van der Waals surface area (Å²) in [4.78, 5) is 4.06. The summed E-state index contributed by atoms with van der Waals surface area (Å²) >= 11 is 0. The van der Waals surface area contributed by atoms with Crippen molar-refractivity contribution in [1.29, 1.82) is 0 Å². The van der Waals surface area contributed by atoms with Crippen molar-refractivity contribution in [2.24, 2.45) is 0 Å². The molecule has 1 rings (SSSR count). The Bertz CT molecular complexity index is 183. The standard InChI is InChI=1S/C10H20F2N2/c1-10(2,3)14-5-8(6-14)13(4)7-9(11)12/h8-9H,5-7H2,1-4H3. The molecule has 0 atom stereocenters. The molecule has 1 heterocycles. The van der Waals surface area contributed by atoms with Crippen LogP contribution in [0.2, 0.25) is 0 Å². The number of rotatable bonds is 3. The molecule has 0 amide bonds. The lowest BCUT2D eigenvalue weighted by Gasteiger charge is -2.50. The van der Waals surface area contributed by atoms with E-state index in [9.17, 15) is 8.78 Å². The molecular weight excluding hydrogens is 186 g/mol. The van der Waals surface area contributed by atoms with E-state index in [0.717, 1.165) is 13.1 Å². The zero-order chi connectivity index (χ0) is 10.9. The Hall–Kier alpha value is -0.220. The minimum Gasteiger partial charge on any atom is -0.295 e. The fraction of sp³-hybridized carbons (Fsp3) is 1.00. The third-order valence-electron chi connectivity index (χ3n) is 2.86. The minimum atomic E-state index is -2.22. The second kappa shape index (κ2) is 4.11. The van der Waals surface area contributed by atoms with Crippen molar-refractivity contribution >= 4 is 0 Å².